The first-order valence-electron chi connectivity index (χ1n) is 6.19. The number of ether oxygens (including phenoxy) is 1. The van der Waals surface area contributed by atoms with Gasteiger partial charge in [0.25, 0.3) is 0 Å². The van der Waals surface area contributed by atoms with Crippen LogP contribution in [0.15, 0.2) is 18.2 Å². The lowest BCUT2D eigenvalue weighted by atomic mass is 10.1. The molecule has 0 aromatic heterocycles. The normalized spacial score (nSPS) is 10.9. The minimum Gasteiger partial charge on any atom is -0.497 e. The van der Waals surface area contributed by atoms with Gasteiger partial charge in [0.15, 0.2) is 0 Å². The van der Waals surface area contributed by atoms with Crippen molar-refractivity contribution in [1.29, 1.82) is 0 Å². The van der Waals surface area contributed by atoms with Crippen LogP contribution in [0.4, 0.5) is 4.39 Å². The molecule has 0 aliphatic heterocycles. The molecular formula is C14H22FNO. The van der Waals surface area contributed by atoms with Gasteiger partial charge >= 0.3 is 0 Å². The molecule has 0 saturated carbocycles. The molecule has 17 heavy (non-hydrogen) atoms. The summed E-state index contributed by atoms with van der Waals surface area (Å²) in [4.78, 5) is 0. The fraction of sp³-hybridized carbons (Fsp3) is 0.571. The maximum Gasteiger partial charge on any atom is 0.130 e. The number of halogens is 1. The van der Waals surface area contributed by atoms with E-state index in [1.165, 1.54) is 6.07 Å². The van der Waals surface area contributed by atoms with Gasteiger partial charge in [0.05, 0.1) is 7.11 Å². The number of nitrogens with one attached hydrogen (secondary N) is 1. The third-order valence-corrected chi connectivity index (χ3v) is 2.69. The highest BCUT2D eigenvalue weighted by atomic mass is 19.1. The zero-order chi connectivity index (χ0) is 12.7. The van der Waals surface area contributed by atoms with Crippen molar-refractivity contribution < 1.29 is 9.13 Å². The fourth-order valence-electron chi connectivity index (χ4n) is 1.69. The first kappa shape index (κ1) is 14.0. The van der Waals surface area contributed by atoms with E-state index in [-0.39, 0.29) is 5.82 Å². The summed E-state index contributed by atoms with van der Waals surface area (Å²) < 4.78 is 18.5. The zero-order valence-electron chi connectivity index (χ0n) is 10.9. The quantitative estimate of drug-likeness (QED) is 0.738. The molecule has 2 nitrogen and oxygen atoms in total. The van der Waals surface area contributed by atoms with E-state index < -0.39 is 0 Å². The second-order valence-electron chi connectivity index (χ2n) is 4.52. The minimum atomic E-state index is -0.166. The number of rotatable bonds is 7. The fourth-order valence-corrected chi connectivity index (χ4v) is 1.69. The van der Waals surface area contributed by atoms with Gasteiger partial charge in [-0.25, -0.2) is 4.39 Å². The highest BCUT2D eigenvalue weighted by molar-refractivity contribution is 5.28. The highest BCUT2D eigenvalue weighted by Crippen LogP contribution is 2.17. The van der Waals surface area contributed by atoms with Gasteiger partial charge in [-0.1, -0.05) is 19.9 Å². The Morgan fingerprint density at radius 1 is 1.29 bits per heavy atom. The lowest BCUT2D eigenvalue weighted by molar-refractivity contribution is 0.410. The maximum absolute atomic E-state index is 13.6. The summed E-state index contributed by atoms with van der Waals surface area (Å²) in [7, 11) is 1.55. The largest absolute Gasteiger partial charge is 0.497 e. The Hall–Kier alpha value is -1.09. The Kier molecular flexibility index (Phi) is 5.98. The van der Waals surface area contributed by atoms with E-state index in [0.29, 0.717) is 11.8 Å². The molecule has 1 aromatic carbocycles. The van der Waals surface area contributed by atoms with Crippen molar-refractivity contribution in [2.24, 2.45) is 0 Å². The molecule has 0 radical (unpaired) electrons. The average molecular weight is 239 g/mol. The maximum atomic E-state index is 13.6. The minimum absolute atomic E-state index is 0.166. The van der Waals surface area contributed by atoms with Crippen LogP contribution in [0.5, 0.6) is 5.75 Å². The predicted molar refractivity (Wildman–Crippen MR) is 69.0 cm³/mol. The van der Waals surface area contributed by atoms with Crippen molar-refractivity contribution in [2.75, 3.05) is 13.7 Å². The molecule has 1 N–H and O–H groups in total. The summed E-state index contributed by atoms with van der Waals surface area (Å²) in [5.74, 6) is 0.411. The molecule has 0 unspecified atom stereocenters. The molecule has 0 saturated heterocycles. The van der Waals surface area contributed by atoms with E-state index in [0.717, 1.165) is 31.4 Å². The molecule has 0 aliphatic rings. The average Bonchev–Trinajstić information content (AvgIpc) is 2.30. The molecule has 0 aliphatic carbocycles. The Balaban J connectivity index is 2.32. The molecule has 0 heterocycles. The molecule has 0 spiro atoms. The Morgan fingerprint density at radius 2 is 2.06 bits per heavy atom. The summed E-state index contributed by atoms with van der Waals surface area (Å²) >= 11 is 0. The van der Waals surface area contributed by atoms with Gasteiger partial charge in [-0.2, -0.15) is 0 Å². The van der Waals surface area contributed by atoms with E-state index in [9.17, 15) is 4.39 Å². The summed E-state index contributed by atoms with van der Waals surface area (Å²) in [6.45, 7) is 5.25. The van der Waals surface area contributed by atoms with Gasteiger partial charge in [0, 0.05) is 12.1 Å². The lowest BCUT2D eigenvalue weighted by Gasteiger charge is -2.08. The number of benzene rings is 1. The van der Waals surface area contributed by atoms with Crippen LogP contribution in [0.25, 0.3) is 0 Å². The number of methoxy groups -OCH3 is 1. The first-order valence-corrected chi connectivity index (χ1v) is 6.19. The van der Waals surface area contributed by atoms with Crippen LogP contribution in [0.3, 0.4) is 0 Å². The number of hydrogen-bond donors (Lipinski definition) is 1. The summed E-state index contributed by atoms with van der Waals surface area (Å²) in [6, 6.07) is 5.59. The number of hydrogen-bond acceptors (Lipinski definition) is 2. The molecular weight excluding hydrogens is 217 g/mol. The molecule has 0 atom stereocenters. The van der Waals surface area contributed by atoms with Crippen LogP contribution in [0.1, 0.15) is 32.3 Å². The summed E-state index contributed by atoms with van der Waals surface area (Å²) in [5.41, 5.74) is 0.773. The van der Waals surface area contributed by atoms with Gasteiger partial charge in [0.2, 0.25) is 0 Å². The predicted octanol–water partition coefficient (Wildman–Crippen LogP) is 3.16. The third-order valence-electron chi connectivity index (χ3n) is 2.69. The van der Waals surface area contributed by atoms with Gasteiger partial charge in [-0.05, 0) is 37.4 Å². The molecule has 1 rings (SSSR count). The van der Waals surface area contributed by atoms with Crippen LogP contribution in [0, 0.1) is 5.82 Å². The van der Waals surface area contributed by atoms with E-state index in [4.69, 9.17) is 4.74 Å². The topological polar surface area (TPSA) is 21.3 Å². The second kappa shape index (κ2) is 7.28. The number of unbranched alkanes of at least 4 members (excludes halogenated alkanes) is 1. The Labute approximate surface area is 103 Å². The van der Waals surface area contributed by atoms with Gasteiger partial charge in [-0.15, -0.1) is 0 Å². The van der Waals surface area contributed by atoms with Crippen LogP contribution in [0.2, 0.25) is 0 Å². The van der Waals surface area contributed by atoms with Crippen molar-refractivity contribution in [3.63, 3.8) is 0 Å². The van der Waals surface area contributed by atoms with E-state index >= 15 is 0 Å². The second-order valence-corrected chi connectivity index (χ2v) is 4.52. The molecule has 96 valence electrons. The van der Waals surface area contributed by atoms with Crippen LogP contribution in [-0.4, -0.2) is 19.7 Å². The molecule has 0 bridgehead atoms. The summed E-state index contributed by atoms with van der Waals surface area (Å²) in [6.07, 6.45) is 2.86. The number of aryl methyl sites for hydroxylation is 1. The van der Waals surface area contributed by atoms with Gasteiger partial charge in [-0.3, -0.25) is 0 Å². The SMILES string of the molecule is COc1ccc(CCCCNC(C)C)c(F)c1. The van der Waals surface area contributed by atoms with Gasteiger partial charge in [0.1, 0.15) is 11.6 Å². The molecule has 0 fully saturated rings. The standard InChI is InChI=1S/C14H22FNO/c1-11(2)16-9-5-4-6-12-7-8-13(17-3)10-14(12)15/h7-8,10-11,16H,4-6,9H2,1-3H3. The third kappa shape index (κ3) is 5.18. The van der Waals surface area contributed by atoms with Crippen molar-refractivity contribution >= 4 is 0 Å². The lowest BCUT2D eigenvalue weighted by Crippen LogP contribution is -2.23. The first-order chi connectivity index (χ1) is 8.13. The van der Waals surface area contributed by atoms with E-state index in [1.807, 2.05) is 12.1 Å². The van der Waals surface area contributed by atoms with E-state index in [2.05, 4.69) is 19.2 Å². The van der Waals surface area contributed by atoms with Crippen LogP contribution in [-0.2, 0) is 6.42 Å². The van der Waals surface area contributed by atoms with Crippen molar-refractivity contribution in [2.45, 2.75) is 39.2 Å². The molecule has 0 amide bonds. The van der Waals surface area contributed by atoms with Gasteiger partial charge < -0.3 is 10.1 Å². The van der Waals surface area contributed by atoms with Crippen molar-refractivity contribution in [3.05, 3.63) is 29.6 Å². The smallest absolute Gasteiger partial charge is 0.130 e. The monoisotopic (exact) mass is 239 g/mol. The zero-order valence-corrected chi connectivity index (χ0v) is 10.9. The van der Waals surface area contributed by atoms with E-state index in [1.54, 1.807) is 7.11 Å². The molecule has 1 aromatic rings. The molecule has 3 heteroatoms. The summed E-state index contributed by atoms with van der Waals surface area (Å²) in [5, 5.41) is 3.35. The van der Waals surface area contributed by atoms with Crippen molar-refractivity contribution in [1.82, 2.24) is 5.32 Å². The highest BCUT2D eigenvalue weighted by Gasteiger charge is 2.03. The Morgan fingerprint density at radius 3 is 2.65 bits per heavy atom. The van der Waals surface area contributed by atoms with Crippen LogP contribution >= 0.6 is 0 Å². The van der Waals surface area contributed by atoms with Crippen LogP contribution < -0.4 is 10.1 Å². The van der Waals surface area contributed by atoms with Crippen molar-refractivity contribution in [3.8, 4) is 5.75 Å². The Bertz CT molecular complexity index is 339.